The van der Waals surface area contributed by atoms with Gasteiger partial charge >= 0.3 is 18.1 Å². The number of aromatic nitrogens is 1. The number of rotatable bonds is 5. The molecule has 11 nitrogen and oxygen atoms in total. The maximum atomic E-state index is 13.3. The maximum Gasteiger partial charge on any atom is 0.472 e. The second-order valence-electron chi connectivity index (χ2n) is 7.65. The molecule has 0 unspecified atom stereocenters. The number of hydrazine groups is 1. The highest BCUT2D eigenvalue weighted by molar-refractivity contribution is 7.91. The van der Waals surface area contributed by atoms with Gasteiger partial charge in [0.1, 0.15) is 5.75 Å². The number of hydrogen-bond acceptors (Lipinski definition) is 7. The Labute approximate surface area is 204 Å². The lowest BCUT2D eigenvalue weighted by molar-refractivity contribution is -0.174. The molecule has 194 valence electrons. The molecule has 1 aromatic heterocycles. The van der Waals surface area contributed by atoms with E-state index in [0.717, 1.165) is 6.20 Å². The van der Waals surface area contributed by atoms with Crippen molar-refractivity contribution in [1.29, 1.82) is 0 Å². The predicted molar refractivity (Wildman–Crippen MR) is 121 cm³/mol. The first-order valence-corrected chi connectivity index (χ1v) is 12.2. The Morgan fingerprint density at radius 1 is 1.06 bits per heavy atom. The summed E-state index contributed by atoms with van der Waals surface area (Å²) < 4.78 is 65.4. The molecule has 2 N–H and O–H groups in total. The van der Waals surface area contributed by atoms with Crippen molar-refractivity contribution < 1.29 is 40.7 Å². The lowest BCUT2D eigenvalue weighted by atomic mass is 10.2. The third-order valence-corrected chi connectivity index (χ3v) is 6.79. The summed E-state index contributed by atoms with van der Waals surface area (Å²) in [6.07, 6.45) is -4.08. The monoisotopic (exact) mass is 529 g/mol. The van der Waals surface area contributed by atoms with Gasteiger partial charge in [0.25, 0.3) is 5.91 Å². The molecule has 2 heterocycles. The van der Waals surface area contributed by atoms with Crippen molar-refractivity contribution in [3.8, 4) is 5.75 Å². The molecule has 0 atom stereocenters. The molecule has 1 fully saturated rings. The number of sulfone groups is 1. The highest BCUT2D eigenvalue weighted by Crippen LogP contribution is 2.23. The largest absolute Gasteiger partial charge is 0.497 e. The number of methoxy groups -OCH3 is 1. The molecular formula is C21H22F3N5O6S. The topological polar surface area (TPSA) is 138 Å². The lowest BCUT2D eigenvalue weighted by Crippen LogP contribution is -2.49. The zero-order chi connectivity index (χ0) is 26.5. The van der Waals surface area contributed by atoms with Crippen LogP contribution in [0.5, 0.6) is 5.75 Å². The SMILES string of the molecule is COc1ccc(N(Cc2ccc(C(=O)NNC(=O)C(F)(F)F)cn2)C(=O)N2CCS(=O)(=O)CC2)cc1. The summed E-state index contributed by atoms with van der Waals surface area (Å²) >= 11 is 0. The number of pyridine rings is 1. The third kappa shape index (κ3) is 6.84. The number of ether oxygens (including phenoxy) is 1. The summed E-state index contributed by atoms with van der Waals surface area (Å²) in [5.41, 5.74) is 3.57. The standard InChI is InChI=1S/C21H22F3N5O6S/c1-35-17-6-4-16(5-7-17)29(20(32)28-8-10-36(33,34)11-9-28)13-15-3-2-14(12-25-15)18(30)26-27-19(31)21(22,23)24/h2-7,12H,8-11,13H2,1H3,(H,26,30)(H,27,31). The van der Waals surface area contributed by atoms with E-state index in [0.29, 0.717) is 17.1 Å². The number of hydrogen-bond donors (Lipinski definition) is 2. The van der Waals surface area contributed by atoms with E-state index < -0.39 is 33.9 Å². The number of benzene rings is 1. The van der Waals surface area contributed by atoms with Gasteiger partial charge in [-0.1, -0.05) is 0 Å². The molecule has 0 bridgehead atoms. The second kappa shape index (κ2) is 10.8. The van der Waals surface area contributed by atoms with Crippen molar-refractivity contribution in [2.75, 3.05) is 36.6 Å². The van der Waals surface area contributed by atoms with Crippen LogP contribution in [-0.4, -0.2) is 74.0 Å². The Balaban J connectivity index is 1.75. The van der Waals surface area contributed by atoms with Crippen LogP contribution >= 0.6 is 0 Å². The van der Waals surface area contributed by atoms with Gasteiger partial charge in [0.15, 0.2) is 9.84 Å². The van der Waals surface area contributed by atoms with Crippen LogP contribution in [0.3, 0.4) is 0 Å². The van der Waals surface area contributed by atoms with Crippen LogP contribution in [0.2, 0.25) is 0 Å². The van der Waals surface area contributed by atoms with Gasteiger partial charge in [-0.05, 0) is 36.4 Å². The maximum absolute atomic E-state index is 13.3. The fraction of sp³-hybridized carbons (Fsp3) is 0.333. The summed E-state index contributed by atoms with van der Waals surface area (Å²) in [5, 5.41) is 0. The number of anilines is 1. The molecule has 1 aliphatic rings. The highest BCUT2D eigenvalue weighted by Gasteiger charge is 2.39. The molecule has 0 radical (unpaired) electrons. The Bertz CT molecular complexity index is 1210. The van der Waals surface area contributed by atoms with E-state index in [1.165, 1.54) is 34.5 Å². The Kier molecular flexibility index (Phi) is 8.02. The number of halogens is 3. The summed E-state index contributed by atoms with van der Waals surface area (Å²) in [7, 11) is -1.72. The molecule has 2 aromatic rings. The smallest absolute Gasteiger partial charge is 0.472 e. The van der Waals surface area contributed by atoms with Crippen molar-refractivity contribution in [3.05, 3.63) is 53.9 Å². The number of carbonyl (C=O) groups is 3. The average Bonchev–Trinajstić information content (AvgIpc) is 2.85. The van der Waals surface area contributed by atoms with Crippen molar-refractivity contribution in [3.63, 3.8) is 0 Å². The van der Waals surface area contributed by atoms with Crippen LogP contribution < -0.4 is 20.5 Å². The molecule has 0 saturated carbocycles. The Morgan fingerprint density at radius 3 is 2.22 bits per heavy atom. The summed E-state index contributed by atoms with van der Waals surface area (Å²) in [6, 6.07) is 8.78. The molecule has 1 saturated heterocycles. The van der Waals surface area contributed by atoms with Gasteiger partial charge in [-0.3, -0.25) is 30.3 Å². The number of carbonyl (C=O) groups excluding carboxylic acids is 3. The average molecular weight is 529 g/mol. The first-order valence-electron chi connectivity index (χ1n) is 10.4. The van der Waals surface area contributed by atoms with Gasteiger partial charge in [-0.25, -0.2) is 13.2 Å². The lowest BCUT2D eigenvalue weighted by Gasteiger charge is -2.33. The van der Waals surface area contributed by atoms with Crippen LogP contribution in [0.1, 0.15) is 16.1 Å². The van der Waals surface area contributed by atoms with Crippen LogP contribution in [0, 0.1) is 0 Å². The fourth-order valence-corrected chi connectivity index (χ4v) is 4.38. The predicted octanol–water partition coefficient (Wildman–Crippen LogP) is 1.27. The first kappa shape index (κ1) is 26.7. The minimum absolute atomic E-state index is 0.0318. The van der Waals surface area contributed by atoms with Crippen molar-refractivity contribution in [2.24, 2.45) is 0 Å². The minimum atomic E-state index is -5.16. The number of urea groups is 1. The van der Waals surface area contributed by atoms with Crippen molar-refractivity contribution >= 4 is 33.4 Å². The zero-order valence-corrected chi connectivity index (χ0v) is 19.7. The molecule has 1 aromatic carbocycles. The van der Waals surface area contributed by atoms with Gasteiger partial charge < -0.3 is 9.64 Å². The van der Waals surface area contributed by atoms with Gasteiger partial charge in [-0.15, -0.1) is 0 Å². The number of alkyl halides is 3. The fourth-order valence-electron chi connectivity index (χ4n) is 3.18. The first-order chi connectivity index (χ1) is 16.9. The molecule has 0 spiro atoms. The van der Waals surface area contributed by atoms with E-state index in [1.807, 2.05) is 0 Å². The molecule has 15 heteroatoms. The van der Waals surface area contributed by atoms with E-state index in [-0.39, 0.29) is 36.7 Å². The van der Waals surface area contributed by atoms with Crippen LogP contribution in [0.15, 0.2) is 42.6 Å². The van der Waals surface area contributed by atoms with E-state index >= 15 is 0 Å². The van der Waals surface area contributed by atoms with Crippen LogP contribution in [-0.2, 0) is 21.2 Å². The molecule has 36 heavy (non-hydrogen) atoms. The third-order valence-electron chi connectivity index (χ3n) is 5.18. The Morgan fingerprint density at radius 2 is 1.69 bits per heavy atom. The normalized spacial score (nSPS) is 15.1. The molecule has 3 rings (SSSR count). The molecular weight excluding hydrogens is 507 g/mol. The second-order valence-corrected chi connectivity index (χ2v) is 9.95. The Hall–Kier alpha value is -3.88. The number of nitrogens with one attached hydrogen (secondary N) is 2. The van der Waals surface area contributed by atoms with E-state index in [1.54, 1.807) is 29.7 Å². The molecule has 4 amide bonds. The minimum Gasteiger partial charge on any atom is -0.497 e. The van der Waals surface area contributed by atoms with Gasteiger partial charge in [-0.2, -0.15) is 13.2 Å². The summed E-state index contributed by atoms with van der Waals surface area (Å²) in [4.78, 5) is 43.0. The van der Waals surface area contributed by atoms with E-state index in [4.69, 9.17) is 4.74 Å². The van der Waals surface area contributed by atoms with Gasteiger partial charge in [0, 0.05) is 25.0 Å². The summed E-state index contributed by atoms with van der Waals surface area (Å²) in [5.74, 6) is -3.10. The van der Waals surface area contributed by atoms with Gasteiger partial charge in [0.2, 0.25) is 0 Å². The highest BCUT2D eigenvalue weighted by atomic mass is 32.2. The van der Waals surface area contributed by atoms with Gasteiger partial charge in [0.05, 0.1) is 36.4 Å². The van der Waals surface area contributed by atoms with Crippen LogP contribution in [0.4, 0.5) is 23.7 Å². The van der Waals surface area contributed by atoms with Crippen LogP contribution in [0.25, 0.3) is 0 Å². The molecule has 1 aliphatic heterocycles. The zero-order valence-electron chi connectivity index (χ0n) is 18.9. The molecule has 0 aliphatic carbocycles. The van der Waals surface area contributed by atoms with E-state index in [2.05, 4.69) is 4.98 Å². The van der Waals surface area contributed by atoms with Crippen molar-refractivity contribution in [1.82, 2.24) is 20.7 Å². The van der Waals surface area contributed by atoms with E-state index in [9.17, 15) is 36.0 Å². The van der Waals surface area contributed by atoms with Crippen molar-refractivity contribution in [2.45, 2.75) is 12.7 Å². The quantitative estimate of drug-likeness (QED) is 0.557. The number of nitrogens with zero attached hydrogens (tertiary/aromatic N) is 3. The number of amides is 4. The summed E-state index contributed by atoms with van der Waals surface area (Å²) in [6.45, 7) is 0.00906.